The van der Waals surface area contributed by atoms with E-state index in [4.69, 9.17) is 0 Å². The first kappa shape index (κ1) is 12.7. The van der Waals surface area contributed by atoms with Crippen molar-refractivity contribution in [1.82, 2.24) is 5.32 Å². The second kappa shape index (κ2) is 7.02. The first-order chi connectivity index (χ1) is 7.22. The van der Waals surface area contributed by atoms with Crippen LogP contribution in [0.3, 0.4) is 0 Å². The Labute approximate surface area is 97.9 Å². The highest BCUT2D eigenvalue weighted by Crippen LogP contribution is 2.17. The van der Waals surface area contributed by atoms with Crippen molar-refractivity contribution in [1.29, 1.82) is 0 Å². The van der Waals surface area contributed by atoms with Crippen LogP contribution in [0.15, 0.2) is 12.1 Å². The third-order valence-corrected chi connectivity index (χ3v) is 3.68. The summed E-state index contributed by atoms with van der Waals surface area (Å²) in [6.45, 7) is 9.02. The predicted octanol–water partition coefficient (Wildman–Crippen LogP) is 3.49. The van der Waals surface area contributed by atoms with Crippen molar-refractivity contribution in [2.75, 3.05) is 13.1 Å². The van der Waals surface area contributed by atoms with Gasteiger partial charge in [0.25, 0.3) is 0 Å². The van der Waals surface area contributed by atoms with Gasteiger partial charge in [0.2, 0.25) is 0 Å². The molecule has 2 heteroatoms. The molecule has 15 heavy (non-hydrogen) atoms. The second-order valence-corrected chi connectivity index (χ2v) is 5.68. The zero-order valence-corrected chi connectivity index (χ0v) is 11.0. The standard InChI is InChI=1S/C13H23NS/c1-4-12-7-8-13(15-12)6-5-9-14-10-11(2)3/h7-8,11,14H,4-6,9-10H2,1-3H3. The average Bonchev–Trinajstić information content (AvgIpc) is 2.65. The van der Waals surface area contributed by atoms with Gasteiger partial charge >= 0.3 is 0 Å². The molecule has 0 amide bonds. The van der Waals surface area contributed by atoms with E-state index in [2.05, 4.69) is 38.2 Å². The van der Waals surface area contributed by atoms with E-state index in [1.165, 1.54) is 29.0 Å². The van der Waals surface area contributed by atoms with Gasteiger partial charge in [-0.1, -0.05) is 20.8 Å². The lowest BCUT2D eigenvalue weighted by Crippen LogP contribution is -2.20. The predicted molar refractivity (Wildman–Crippen MR) is 69.7 cm³/mol. The van der Waals surface area contributed by atoms with E-state index in [1.54, 1.807) is 0 Å². The molecule has 1 aromatic heterocycles. The fourth-order valence-corrected chi connectivity index (χ4v) is 2.52. The summed E-state index contributed by atoms with van der Waals surface area (Å²) < 4.78 is 0. The van der Waals surface area contributed by atoms with E-state index in [9.17, 15) is 0 Å². The summed E-state index contributed by atoms with van der Waals surface area (Å²) in [6.07, 6.45) is 3.67. The lowest BCUT2D eigenvalue weighted by molar-refractivity contribution is 0.544. The largest absolute Gasteiger partial charge is 0.316 e. The molecule has 0 aliphatic rings. The molecule has 0 aliphatic heterocycles. The quantitative estimate of drug-likeness (QED) is 0.700. The fourth-order valence-electron chi connectivity index (χ4n) is 1.53. The Morgan fingerprint density at radius 1 is 1.27 bits per heavy atom. The minimum atomic E-state index is 0.762. The lowest BCUT2D eigenvalue weighted by atomic mass is 10.2. The van der Waals surface area contributed by atoms with Gasteiger partial charge < -0.3 is 5.32 Å². The molecule has 0 fully saturated rings. The van der Waals surface area contributed by atoms with Crippen molar-refractivity contribution < 1.29 is 0 Å². The van der Waals surface area contributed by atoms with Gasteiger partial charge in [-0.05, 0) is 50.4 Å². The molecule has 0 saturated carbocycles. The van der Waals surface area contributed by atoms with Crippen molar-refractivity contribution in [2.24, 2.45) is 5.92 Å². The normalized spacial score (nSPS) is 11.2. The molecule has 0 bridgehead atoms. The van der Waals surface area contributed by atoms with E-state index in [-0.39, 0.29) is 0 Å². The molecule has 1 rings (SSSR count). The fraction of sp³-hybridized carbons (Fsp3) is 0.692. The van der Waals surface area contributed by atoms with E-state index >= 15 is 0 Å². The van der Waals surface area contributed by atoms with Gasteiger partial charge in [0.15, 0.2) is 0 Å². The minimum absolute atomic E-state index is 0.762. The summed E-state index contributed by atoms with van der Waals surface area (Å²) in [5.41, 5.74) is 0. The Morgan fingerprint density at radius 2 is 2.00 bits per heavy atom. The summed E-state index contributed by atoms with van der Waals surface area (Å²) in [4.78, 5) is 3.05. The van der Waals surface area contributed by atoms with Crippen LogP contribution in [0.2, 0.25) is 0 Å². The number of hydrogen-bond acceptors (Lipinski definition) is 2. The molecular formula is C13H23NS. The van der Waals surface area contributed by atoms with Gasteiger partial charge in [0.1, 0.15) is 0 Å². The molecule has 0 radical (unpaired) electrons. The molecule has 0 atom stereocenters. The van der Waals surface area contributed by atoms with Gasteiger partial charge in [0.05, 0.1) is 0 Å². The van der Waals surface area contributed by atoms with Crippen LogP contribution in [0.5, 0.6) is 0 Å². The third kappa shape index (κ3) is 5.33. The highest BCUT2D eigenvalue weighted by Gasteiger charge is 1.98. The van der Waals surface area contributed by atoms with Gasteiger partial charge in [-0.25, -0.2) is 0 Å². The molecule has 1 nitrogen and oxygen atoms in total. The molecule has 1 N–H and O–H groups in total. The molecule has 0 unspecified atom stereocenters. The Kier molecular flexibility index (Phi) is 5.96. The average molecular weight is 225 g/mol. The van der Waals surface area contributed by atoms with Gasteiger partial charge in [-0.2, -0.15) is 0 Å². The molecule has 1 heterocycles. The van der Waals surface area contributed by atoms with Gasteiger partial charge in [-0.3, -0.25) is 0 Å². The minimum Gasteiger partial charge on any atom is -0.316 e. The summed E-state index contributed by atoms with van der Waals surface area (Å²) in [7, 11) is 0. The molecular weight excluding hydrogens is 202 g/mol. The van der Waals surface area contributed by atoms with Crippen LogP contribution >= 0.6 is 11.3 Å². The molecule has 0 aliphatic carbocycles. The molecule has 1 aromatic rings. The zero-order chi connectivity index (χ0) is 11.1. The second-order valence-electron chi connectivity index (χ2n) is 4.42. The first-order valence-corrected chi connectivity index (χ1v) is 6.82. The highest BCUT2D eigenvalue weighted by molar-refractivity contribution is 7.11. The highest BCUT2D eigenvalue weighted by atomic mass is 32.1. The van der Waals surface area contributed by atoms with Crippen LogP contribution in [-0.2, 0) is 12.8 Å². The topological polar surface area (TPSA) is 12.0 Å². The Morgan fingerprint density at radius 3 is 2.60 bits per heavy atom. The molecule has 0 saturated heterocycles. The Balaban J connectivity index is 2.09. The zero-order valence-electron chi connectivity index (χ0n) is 10.2. The number of thiophene rings is 1. The van der Waals surface area contributed by atoms with Gasteiger partial charge in [-0.15, -0.1) is 11.3 Å². The van der Waals surface area contributed by atoms with Crippen LogP contribution in [-0.4, -0.2) is 13.1 Å². The summed E-state index contributed by atoms with van der Waals surface area (Å²) in [6, 6.07) is 4.55. The number of nitrogens with one attached hydrogen (secondary N) is 1. The maximum Gasteiger partial charge on any atom is 0.00486 e. The van der Waals surface area contributed by atoms with Gasteiger partial charge in [0, 0.05) is 9.75 Å². The summed E-state index contributed by atoms with van der Waals surface area (Å²) >= 11 is 1.97. The number of hydrogen-bond donors (Lipinski definition) is 1. The number of aryl methyl sites for hydroxylation is 2. The summed E-state index contributed by atoms with van der Waals surface area (Å²) in [5, 5.41) is 3.48. The van der Waals surface area contributed by atoms with Crippen molar-refractivity contribution >= 4 is 11.3 Å². The Bertz CT molecular complexity index is 265. The van der Waals surface area contributed by atoms with E-state index in [0.717, 1.165) is 19.0 Å². The van der Waals surface area contributed by atoms with E-state index in [1.807, 2.05) is 11.3 Å². The third-order valence-electron chi connectivity index (χ3n) is 2.40. The van der Waals surface area contributed by atoms with Crippen LogP contribution in [0.25, 0.3) is 0 Å². The number of rotatable bonds is 7. The van der Waals surface area contributed by atoms with Crippen molar-refractivity contribution in [3.63, 3.8) is 0 Å². The maximum atomic E-state index is 3.48. The molecule has 0 spiro atoms. The maximum absolute atomic E-state index is 3.48. The molecule has 0 aromatic carbocycles. The van der Waals surface area contributed by atoms with Crippen LogP contribution < -0.4 is 5.32 Å². The monoisotopic (exact) mass is 225 g/mol. The van der Waals surface area contributed by atoms with E-state index < -0.39 is 0 Å². The smallest absolute Gasteiger partial charge is 0.00486 e. The van der Waals surface area contributed by atoms with Crippen LogP contribution in [0.4, 0.5) is 0 Å². The van der Waals surface area contributed by atoms with Crippen molar-refractivity contribution in [3.05, 3.63) is 21.9 Å². The van der Waals surface area contributed by atoms with E-state index in [0.29, 0.717) is 0 Å². The summed E-state index contributed by atoms with van der Waals surface area (Å²) in [5.74, 6) is 0.762. The molecule has 86 valence electrons. The SMILES string of the molecule is CCc1ccc(CCCNCC(C)C)s1. The van der Waals surface area contributed by atoms with Crippen LogP contribution in [0.1, 0.15) is 36.9 Å². The first-order valence-electron chi connectivity index (χ1n) is 6.00. The lowest BCUT2D eigenvalue weighted by Gasteiger charge is -2.06. The van der Waals surface area contributed by atoms with Crippen molar-refractivity contribution in [3.8, 4) is 0 Å². The van der Waals surface area contributed by atoms with Crippen molar-refractivity contribution in [2.45, 2.75) is 40.0 Å². The Hall–Kier alpha value is -0.340. The van der Waals surface area contributed by atoms with Crippen LogP contribution in [0, 0.1) is 5.92 Å².